The molecule has 0 aromatic heterocycles. The van der Waals surface area contributed by atoms with Crippen molar-refractivity contribution in [2.45, 2.75) is 39.2 Å². The number of nitrogens with one attached hydrogen (secondary N) is 1. The minimum atomic E-state index is 0.627. The zero-order valence-electron chi connectivity index (χ0n) is 14.5. The number of hydrogen-bond acceptors (Lipinski definition) is 4. The molecule has 2 aliphatic heterocycles. The van der Waals surface area contributed by atoms with Gasteiger partial charge >= 0.3 is 0 Å². The predicted octanol–water partition coefficient (Wildman–Crippen LogP) is 1.66. The summed E-state index contributed by atoms with van der Waals surface area (Å²) in [4.78, 5) is 5.13. The van der Waals surface area contributed by atoms with Gasteiger partial charge < -0.3 is 15.0 Å². The van der Waals surface area contributed by atoms with Gasteiger partial charge in [0.15, 0.2) is 0 Å². The SMILES string of the molecule is COCCN(C)CCC[C@H](C(C)C)N1CC2(CCNC2)C1. The van der Waals surface area contributed by atoms with Crippen LogP contribution in [0, 0.1) is 11.3 Å². The first-order chi connectivity index (χ1) is 10.1. The minimum Gasteiger partial charge on any atom is -0.383 e. The summed E-state index contributed by atoms with van der Waals surface area (Å²) in [5, 5.41) is 3.54. The second-order valence-corrected chi connectivity index (χ2v) is 7.58. The van der Waals surface area contributed by atoms with E-state index < -0.39 is 0 Å². The van der Waals surface area contributed by atoms with Crippen LogP contribution in [0.5, 0.6) is 0 Å². The summed E-state index contributed by atoms with van der Waals surface area (Å²) >= 11 is 0. The Bertz CT molecular complexity index is 294. The molecule has 1 N–H and O–H groups in total. The molecule has 21 heavy (non-hydrogen) atoms. The second-order valence-electron chi connectivity index (χ2n) is 7.58. The van der Waals surface area contributed by atoms with Crippen molar-refractivity contribution in [3.63, 3.8) is 0 Å². The highest BCUT2D eigenvalue weighted by atomic mass is 16.5. The number of nitrogens with zero attached hydrogens (tertiary/aromatic N) is 2. The van der Waals surface area contributed by atoms with E-state index in [0.29, 0.717) is 5.41 Å². The van der Waals surface area contributed by atoms with Crippen LogP contribution in [-0.4, -0.2) is 75.9 Å². The van der Waals surface area contributed by atoms with E-state index in [9.17, 15) is 0 Å². The first-order valence-corrected chi connectivity index (χ1v) is 8.68. The second kappa shape index (κ2) is 7.91. The van der Waals surface area contributed by atoms with E-state index >= 15 is 0 Å². The third-order valence-corrected chi connectivity index (χ3v) is 5.36. The molecule has 4 heteroatoms. The average molecular weight is 297 g/mol. The zero-order chi connectivity index (χ0) is 15.3. The summed E-state index contributed by atoms with van der Waals surface area (Å²) in [7, 11) is 3.98. The van der Waals surface area contributed by atoms with Crippen molar-refractivity contribution in [2.24, 2.45) is 11.3 Å². The number of ether oxygens (including phenoxy) is 1. The van der Waals surface area contributed by atoms with Gasteiger partial charge in [0.05, 0.1) is 6.61 Å². The van der Waals surface area contributed by atoms with Gasteiger partial charge in [-0.1, -0.05) is 13.8 Å². The van der Waals surface area contributed by atoms with Crippen molar-refractivity contribution < 1.29 is 4.74 Å². The van der Waals surface area contributed by atoms with Crippen molar-refractivity contribution >= 4 is 0 Å². The Morgan fingerprint density at radius 1 is 1.29 bits per heavy atom. The summed E-state index contributed by atoms with van der Waals surface area (Å²) in [6.07, 6.45) is 4.01. The highest BCUT2D eigenvalue weighted by Crippen LogP contribution is 2.39. The maximum Gasteiger partial charge on any atom is 0.0589 e. The van der Waals surface area contributed by atoms with Gasteiger partial charge in [-0.05, 0) is 45.3 Å². The Morgan fingerprint density at radius 3 is 2.62 bits per heavy atom. The van der Waals surface area contributed by atoms with Gasteiger partial charge in [0.25, 0.3) is 0 Å². The summed E-state index contributed by atoms with van der Waals surface area (Å²) in [6, 6.07) is 0.770. The van der Waals surface area contributed by atoms with E-state index in [4.69, 9.17) is 4.74 Å². The van der Waals surface area contributed by atoms with Crippen molar-refractivity contribution in [1.29, 1.82) is 0 Å². The highest BCUT2D eigenvalue weighted by molar-refractivity contribution is 5.02. The molecule has 0 unspecified atom stereocenters. The van der Waals surface area contributed by atoms with Gasteiger partial charge in [0.2, 0.25) is 0 Å². The summed E-state index contributed by atoms with van der Waals surface area (Å²) in [5.41, 5.74) is 0.627. The van der Waals surface area contributed by atoms with Crippen molar-refractivity contribution in [2.75, 3.05) is 60.0 Å². The molecule has 0 amide bonds. The minimum absolute atomic E-state index is 0.627. The largest absolute Gasteiger partial charge is 0.383 e. The molecule has 1 spiro atoms. The maximum absolute atomic E-state index is 5.14. The zero-order valence-corrected chi connectivity index (χ0v) is 14.5. The van der Waals surface area contributed by atoms with E-state index in [1.54, 1.807) is 7.11 Å². The van der Waals surface area contributed by atoms with Gasteiger partial charge in [-0.25, -0.2) is 0 Å². The van der Waals surface area contributed by atoms with Crippen molar-refractivity contribution in [1.82, 2.24) is 15.1 Å². The maximum atomic E-state index is 5.14. The molecule has 1 atom stereocenters. The summed E-state index contributed by atoms with van der Waals surface area (Å²) in [5.74, 6) is 0.765. The third kappa shape index (κ3) is 4.65. The summed E-state index contributed by atoms with van der Waals surface area (Å²) in [6.45, 7) is 13.0. The fourth-order valence-corrected chi connectivity index (χ4v) is 3.98. The Kier molecular flexibility index (Phi) is 6.48. The Morgan fingerprint density at radius 2 is 2.05 bits per heavy atom. The van der Waals surface area contributed by atoms with E-state index in [2.05, 4.69) is 36.0 Å². The van der Waals surface area contributed by atoms with E-state index in [1.807, 2.05) is 0 Å². The Hall–Kier alpha value is -0.160. The normalized spacial score (nSPS) is 23.1. The standard InChI is InChI=1S/C17H35N3O/c1-15(2)16(6-5-9-19(3)10-11-21-4)20-13-17(14-20)7-8-18-12-17/h15-16,18H,5-14H2,1-4H3/t16-/m1/s1. The van der Waals surface area contributed by atoms with Crippen LogP contribution < -0.4 is 5.32 Å². The van der Waals surface area contributed by atoms with Gasteiger partial charge in [0, 0.05) is 44.7 Å². The lowest BCUT2D eigenvalue weighted by atomic mass is 9.76. The van der Waals surface area contributed by atoms with Crippen LogP contribution in [0.15, 0.2) is 0 Å². The molecule has 4 nitrogen and oxygen atoms in total. The molecule has 0 radical (unpaired) electrons. The van der Waals surface area contributed by atoms with Crippen molar-refractivity contribution in [3.05, 3.63) is 0 Å². The van der Waals surface area contributed by atoms with Crippen LogP contribution >= 0.6 is 0 Å². The van der Waals surface area contributed by atoms with E-state index in [1.165, 1.54) is 52.0 Å². The number of methoxy groups -OCH3 is 1. The lowest BCUT2D eigenvalue weighted by Gasteiger charge is -2.52. The number of likely N-dealkylation sites (N-methyl/N-ethyl adjacent to an activating group) is 1. The molecule has 2 rings (SSSR count). The predicted molar refractivity (Wildman–Crippen MR) is 88.7 cm³/mol. The first kappa shape index (κ1) is 17.2. The number of rotatable bonds is 9. The third-order valence-electron chi connectivity index (χ3n) is 5.36. The fourth-order valence-electron chi connectivity index (χ4n) is 3.98. The molecule has 0 aromatic rings. The molecule has 2 fully saturated rings. The van der Waals surface area contributed by atoms with Crippen LogP contribution in [0.3, 0.4) is 0 Å². The van der Waals surface area contributed by atoms with Crippen molar-refractivity contribution in [3.8, 4) is 0 Å². The van der Waals surface area contributed by atoms with E-state index in [0.717, 1.165) is 25.1 Å². The Labute approximate surface area is 131 Å². The monoisotopic (exact) mass is 297 g/mol. The first-order valence-electron chi connectivity index (χ1n) is 8.68. The van der Waals surface area contributed by atoms with Crippen LogP contribution in [-0.2, 0) is 4.74 Å². The molecule has 0 saturated carbocycles. The average Bonchev–Trinajstić information content (AvgIpc) is 2.89. The lowest BCUT2D eigenvalue weighted by Crippen LogP contribution is -2.61. The number of likely N-dealkylation sites (tertiary alicyclic amines) is 1. The van der Waals surface area contributed by atoms with Crippen LogP contribution in [0.25, 0.3) is 0 Å². The van der Waals surface area contributed by atoms with Gasteiger partial charge in [0.1, 0.15) is 0 Å². The molecule has 0 aliphatic carbocycles. The lowest BCUT2D eigenvalue weighted by molar-refractivity contribution is -0.0354. The highest BCUT2D eigenvalue weighted by Gasteiger charge is 2.47. The molecular weight excluding hydrogens is 262 g/mol. The number of hydrogen-bond donors (Lipinski definition) is 1. The Balaban J connectivity index is 1.68. The van der Waals surface area contributed by atoms with Gasteiger partial charge in [-0.2, -0.15) is 0 Å². The van der Waals surface area contributed by atoms with Gasteiger partial charge in [-0.3, -0.25) is 4.90 Å². The molecular formula is C17H35N3O. The summed E-state index contributed by atoms with van der Waals surface area (Å²) < 4.78 is 5.14. The molecule has 2 saturated heterocycles. The smallest absolute Gasteiger partial charge is 0.0589 e. The van der Waals surface area contributed by atoms with E-state index in [-0.39, 0.29) is 0 Å². The quantitative estimate of drug-likeness (QED) is 0.700. The molecule has 2 heterocycles. The fraction of sp³-hybridized carbons (Fsp3) is 1.00. The van der Waals surface area contributed by atoms with Crippen LogP contribution in [0.1, 0.15) is 33.1 Å². The molecule has 0 bridgehead atoms. The topological polar surface area (TPSA) is 27.7 Å². The van der Waals surface area contributed by atoms with Gasteiger partial charge in [-0.15, -0.1) is 0 Å². The molecule has 2 aliphatic rings. The molecule has 124 valence electrons. The van der Waals surface area contributed by atoms with Crippen LogP contribution in [0.4, 0.5) is 0 Å². The molecule has 0 aromatic carbocycles. The van der Waals surface area contributed by atoms with Crippen LogP contribution in [0.2, 0.25) is 0 Å².